The van der Waals surface area contributed by atoms with E-state index in [4.69, 9.17) is 4.74 Å². The second-order valence-electron chi connectivity index (χ2n) is 5.76. The van der Waals surface area contributed by atoms with Crippen LogP contribution in [0, 0.1) is 0 Å². The van der Waals surface area contributed by atoms with Gasteiger partial charge >= 0.3 is 0 Å². The fourth-order valence-electron chi connectivity index (χ4n) is 3.34. The van der Waals surface area contributed by atoms with Gasteiger partial charge in [-0.1, -0.05) is 0 Å². The largest absolute Gasteiger partial charge is 0.368 e. The van der Waals surface area contributed by atoms with Gasteiger partial charge in [-0.15, -0.1) is 0 Å². The van der Waals surface area contributed by atoms with Crippen LogP contribution in [-0.4, -0.2) is 36.7 Å². The zero-order valence-electron chi connectivity index (χ0n) is 10.3. The number of hydrogen-bond donors (Lipinski definition) is 2. The van der Waals surface area contributed by atoms with E-state index in [0.29, 0.717) is 11.6 Å². The van der Waals surface area contributed by atoms with E-state index in [-0.39, 0.29) is 12.0 Å². The molecule has 17 heavy (non-hydrogen) atoms. The quantitative estimate of drug-likeness (QED) is 0.753. The van der Waals surface area contributed by atoms with Crippen LogP contribution in [0.1, 0.15) is 44.9 Å². The molecule has 0 radical (unpaired) electrons. The molecule has 2 N–H and O–H groups in total. The molecule has 4 nitrogen and oxygen atoms in total. The van der Waals surface area contributed by atoms with Crippen LogP contribution in [0.2, 0.25) is 0 Å². The Balaban J connectivity index is 1.52. The van der Waals surface area contributed by atoms with Gasteiger partial charge < -0.3 is 15.4 Å². The van der Waals surface area contributed by atoms with E-state index >= 15 is 0 Å². The van der Waals surface area contributed by atoms with Crippen molar-refractivity contribution in [3.63, 3.8) is 0 Å². The highest BCUT2D eigenvalue weighted by Crippen LogP contribution is 2.38. The van der Waals surface area contributed by atoms with E-state index in [1.807, 2.05) is 0 Å². The Morgan fingerprint density at radius 3 is 2.82 bits per heavy atom. The molecule has 1 amide bonds. The van der Waals surface area contributed by atoms with E-state index in [9.17, 15) is 4.79 Å². The van der Waals surface area contributed by atoms with Crippen molar-refractivity contribution < 1.29 is 9.53 Å². The average Bonchev–Trinajstić information content (AvgIpc) is 2.81. The van der Waals surface area contributed by atoms with Crippen molar-refractivity contribution in [2.24, 2.45) is 0 Å². The summed E-state index contributed by atoms with van der Waals surface area (Å²) in [5, 5.41) is 6.80. The minimum Gasteiger partial charge on any atom is -0.368 e. The average molecular weight is 238 g/mol. The third-order valence-electron chi connectivity index (χ3n) is 4.51. The maximum atomic E-state index is 12.0. The second-order valence-corrected chi connectivity index (χ2v) is 5.76. The van der Waals surface area contributed by atoms with Gasteiger partial charge in [-0.25, -0.2) is 0 Å². The van der Waals surface area contributed by atoms with Crippen molar-refractivity contribution in [3.8, 4) is 0 Å². The minimum atomic E-state index is -0.178. The van der Waals surface area contributed by atoms with Crippen LogP contribution in [0.5, 0.6) is 0 Å². The van der Waals surface area contributed by atoms with Gasteiger partial charge in [0.25, 0.3) is 0 Å². The Labute approximate surface area is 102 Å². The number of rotatable bonds is 2. The Kier molecular flexibility index (Phi) is 3.09. The molecule has 3 rings (SSSR count). The highest BCUT2D eigenvalue weighted by Gasteiger charge is 2.41. The van der Waals surface area contributed by atoms with E-state index in [1.54, 1.807) is 0 Å². The molecule has 4 heteroatoms. The van der Waals surface area contributed by atoms with Gasteiger partial charge in [0.15, 0.2) is 0 Å². The molecule has 0 aromatic carbocycles. The molecule has 96 valence electrons. The van der Waals surface area contributed by atoms with E-state index < -0.39 is 0 Å². The van der Waals surface area contributed by atoms with Gasteiger partial charge in [-0.3, -0.25) is 4.79 Å². The summed E-state index contributed by atoms with van der Waals surface area (Å²) < 4.78 is 5.42. The van der Waals surface area contributed by atoms with Crippen molar-refractivity contribution >= 4 is 5.91 Å². The summed E-state index contributed by atoms with van der Waals surface area (Å²) in [4.78, 5) is 12.0. The summed E-state index contributed by atoms with van der Waals surface area (Å²) >= 11 is 0. The summed E-state index contributed by atoms with van der Waals surface area (Å²) in [6, 6.07) is 0.355. The van der Waals surface area contributed by atoms with Crippen molar-refractivity contribution in [3.05, 3.63) is 0 Å². The van der Waals surface area contributed by atoms with Gasteiger partial charge in [0.1, 0.15) is 6.10 Å². The summed E-state index contributed by atoms with van der Waals surface area (Å²) in [6.45, 7) is 1.78. The topological polar surface area (TPSA) is 50.4 Å². The van der Waals surface area contributed by atoms with Crippen LogP contribution in [0.3, 0.4) is 0 Å². The van der Waals surface area contributed by atoms with E-state index in [1.165, 1.54) is 19.3 Å². The molecule has 3 aliphatic rings. The Morgan fingerprint density at radius 1 is 1.29 bits per heavy atom. The number of hydrogen-bond acceptors (Lipinski definition) is 3. The fraction of sp³-hybridized carbons (Fsp3) is 0.923. The van der Waals surface area contributed by atoms with Crippen molar-refractivity contribution in [1.82, 2.24) is 10.6 Å². The number of nitrogens with one attached hydrogen (secondary N) is 2. The van der Waals surface area contributed by atoms with E-state index in [0.717, 1.165) is 38.8 Å². The van der Waals surface area contributed by atoms with Gasteiger partial charge in [-0.2, -0.15) is 0 Å². The molecular formula is C13H22N2O2. The number of piperidine rings is 1. The maximum absolute atomic E-state index is 12.0. The van der Waals surface area contributed by atoms with Gasteiger partial charge in [0.2, 0.25) is 5.91 Å². The first-order valence-corrected chi connectivity index (χ1v) is 6.94. The van der Waals surface area contributed by atoms with Crippen molar-refractivity contribution in [1.29, 1.82) is 0 Å². The van der Waals surface area contributed by atoms with Gasteiger partial charge in [0, 0.05) is 18.2 Å². The molecule has 2 heterocycles. The second kappa shape index (κ2) is 4.58. The highest BCUT2D eigenvalue weighted by atomic mass is 16.5. The lowest BCUT2D eigenvalue weighted by Gasteiger charge is -2.48. The van der Waals surface area contributed by atoms with E-state index in [2.05, 4.69) is 10.6 Å². The first-order valence-electron chi connectivity index (χ1n) is 6.94. The number of ether oxygens (including phenoxy) is 1. The Morgan fingerprint density at radius 2 is 2.18 bits per heavy atom. The molecule has 3 fully saturated rings. The molecule has 1 unspecified atom stereocenters. The lowest BCUT2D eigenvalue weighted by atomic mass is 9.70. The number of carbonyl (C=O) groups excluding carboxylic acids is 1. The third-order valence-corrected chi connectivity index (χ3v) is 4.51. The molecule has 0 aromatic rings. The molecule has 0 bridgehead atoms. The zero-order valence-corrected chi connectivity index (χ0v) is 10.3. The number of carbonyl (C=O) groups is 1. The predicted octanol–water partition coefficient (Wildman–Crippen LogP) is 0.956. The first-order chi connectivity index (χ1) is 8.27. The summed E-state index contributed by atoms with van der Waals surface area (Å²) in [5.41, 5.74) is 0.354. The van der Waals surface area contributed by atoms with Crippen LogP contribution < -0.4 is 10.6 Å². The van der Waals surface area contributed by atoms with Crippen molar-refractivity contribution in [2.75, 3.05) is 13.2 Å². The summed E-state index contributed by atoms with van der Waals surface area (Å²) in [7, 11) is 0. The molecular weight excluding hydrogens is 216 g/mol. The lowest BCUT2D eigenvalue weighted by molar-refractivity contribution is -0.131. The zero-order chi connectivity index (χ0) is 11.7. The SMILES string of the molecule is O=C(NC1CCNC2(CCC2)C1)[C@H]1CCCO1. The molecule has 2 aliphatic heterocycles. The maximum Gasteiger partial charge on any atom is 0.249 e. The highest BCUT2D eigenvalue weighted by molar-refractivity contribution is 5.81. The molecule has 1 aliphatic carbocycles. The monoisotopic (exact) mass is 238 g/mol. The number of amides is 1. The summed E-state index contributed by atoms with van der Waals surface area (Å²) in [6.07, 6.45) is 7.78. The summed E-state index contributed by atoms with van der Waals surface area (Å²) in [5.74, 6) is 0.115. The normalized spacial score (nSPS) is 35.5. The fourth-order valence-corrected chi connectivity index (χ4v) is 3.34. The standard InChI is InChI=1S/C13H22N2O2/c16-12(11-3-1-8-17-11)15-10-4-7-14-13(9-10)5-2-6-13/h10-11,14H,1-9H2,(H,15,16)/t10?,11-/m1/s1. The molecule has 0 aromatic heterocycles. The molecule has 1 spiro atoms. The Hall–Kier alpha value is -0.610. The molecule has 1 saturated carbocycles. The molecule has 2 saturated heterocycles. The molecule has 2 atom stereocenters. The van der Waals surface area contributed by atoms with Crippen LogP contribution >= 0.6 is 0 Å². The third kappa shape index (κ3) is 2.33. The van der Waals surface area contributed by atoms with Crippen LogP contribution in [-0.2, 0) is 9.53 Å². The Bertz CT molecular complexity index is 296. The lowest BCUT2D eigenvalue weighted by Crippen LogP contribution is -2.60. The van der Waals surface area contributed by atoms with Gasteiger partial charge in [0.05, 0.1) is 0 Å². The van der Waals surface area contributed by atoms with Crippen LogP contribution in [0.25, 0.3) is 0 Å². The van der Waals surface area contributed by atoms with Crippen LogP contribution in [0.4, 0.5) is 0 Å². The van der Waals surface area contributed by atoms with Crippen LogP contribution in [0.15, 0.2) is 0 Å². The smallest absolute Gasteiger partial charge is 0.249 e. The first kappa shape index (κ1) is 11.5. The van der Waals surface area contributed by atoms with Gasteiger partial charge in [-0.05, 0) is 51.5 Å². The predicted molar refractivity (Wildman–Crippen MR) is 64.7 cm³/mol. The van der Waals surface area contributed by atoms with Crippen molar-refractivity contribution in [2.45, 2.75) is 62.6 Å². The minimum absolute atomic E-state index is 0.115.